The Morgan fingerprint density at radius 3 is 2.32 bits per heavy atom. The van der Waals surface area contributed by atoms with Gasteiger partial charge in [0.1, 0.15) is 0 Å². The zero-order chi connectivity index (χ0) is 20.1. The lowest BCUT2D eigenvalue weighted by Crippen LogP contribution is -2.48. The largest absolute Gasteiger partial charge is 0.493 e. The van der Waals surface area contributed by atoms with E-state index in [0.717, 1.165) is 24.7 Å². The quantitative estimate of drug-likeness (QED) is 0.729. The van der Waals surface area contributed by atoms with Crippen LogP contribution in [0, 0.1) is 0 Å². The van der Waals surface area contributed by atoms with Gasteiger partial charge >= 0.3 is 0 Å². The van der Waals surface area contributed by atoms with E-state index in [-0.39, 0.29) is 12.0 Å². The number of nitrogens with zero attached hydrogens (tertiary/aromatic N) is 2. The second kappa shape index (κ2) is 9.30. The maximum Gasteiger partial charge on any atom is 0.254 e. The predicted molar refractivity (Wildman–Crippen MR) is 111 cm³/mol. The Hall–Kier alpha value is -2.24. The lowest BCUT2D eigenvalue weighted by Gasteiger charge is -2.35. The maximum atomic E-state index is 12.9. The van der Waals surface area contributed by atoms with Gasteiger partial charge in [-0.1, -0.05) is 23.7 Å². The van der Waals surface area contributed by atoms with Crippen molar-refractivity contribution >= 4 is 17.5 Å². The fraction of sp³-hybridized carbons (Fsp3) is 0.409. The molecule has 28 heavy (non-hydrogen) atoms. The van der Waals surface area contributed by atoms with E-state index in [1.807, 2.05) is 55.1 Å². The number of benzene rings is 2. The second-order valence-electron chi connectivity index (χ2n) is 7.23. The summed E-state index contributed by atoms with van der Waals surface area (Å²) in [6.45, 7) is 7.90. The van der Waals surface area contributed by atoms with Crippen LogP contribution in [-0.4, -0.2) is 55.1 Å². The van der Waals surface area contributed by atoms with Crippen LogP contribution in [0.4, 0.5) is 0 Å². The number of amides is 1. The molecule has 0 spiro atoms. The summed E-state index contributed by atoms with van der Waals surface area (Å²) in [6.07, 6.45) is 0.0455. The Morgan fingerprint density at radius 1 is 1.04 bits per heavy atom. The third-order valence-electron chi connectivity index (χ3n) is 4.75. The number of carbonyl (C=O) groups excluding carboxylic acids is 1. The molecule has 1 amide bonds. The molecule has 3 rings (SSSR count). The van der Waals surface area contributed by atoms with Crippen molar-refractivity contribution in [3.05, 3.63) is 58.6 Å². The summed E-state index contributed by atoms with van der Waals surface area (Å²) in [5.41, 5.74) is 1.86. The molecule has 1 aliphatic heterocycles. The molecule has 2 aromatic carbocycles. The van der Waals surface area contributed by atoms with E-state index in [1.165, 1.54) is 5.56 Å². The molecular formula is C22H27ClN2O3. The Bertz CT molecular complexity index is 800. The van der Waals surface area contributed by atoms with Gasteiger partial charge in [-0.3, -0.25) is 9.69 Å². The van der Waals surface area contributed by atoms with Crippen LogP contribution in [-0.2, 0) is 6.54 Å². The highest BCUT2D eigenvalue weighted by molar-refractivity contribution is 6.30. The van der Waals surface area contributed by atoms with Crippen LogP contribution >= 0.6 is 11.6 Å². The molecule has 5 nitrogen and oxygen atoms in total. The normalized spacial score (nSPS) is 15.0. The first-order chi connectivity index (χ1) is 13.5. The van der Waals surface area contributed by atoms with Gasteiger partial charge in [-0.05, 0) is 49.7 Å². The maximum absolute atomic E-state index is 12.9. The molecule has 0 bridgehead atoms. The smallest absolute Gasteiger partial charge is 0.254 e. The first-order valence-electron chi connectivity index (χ1n) is 9.57. The molecule has 150 valence electrons. The molecule has 0 unspecified atom stereocenters. The summed E-state index contributed by atoms with van der Waals surface area (Å²) < 4.78 is 11.1. The van der Waals surface area contributed by atoms with Crippen molar-refractivity contribution in [3.63, 3.8) is 0 Å². The summed E-state index contributed by atoms with van der Waals surface area (Å²) in [5, 5.41) is 0.749. The van der Waals surface area contributed by atoms with E-state index >= 15 is 0 Å². The summed E-state index contributed by atoms with van der Waals surface area (Å²) >= 11 is 5.95. The van der Waals surface area contributed by atoms with E-state index in [2.05, 4.69) is 4.90 Å². The average Bonchev–Trinajstić information content (AvgIpc) is 2.69. The number of piperazine rings is 1. The molecule has 0 saturated carbocycles. The van der Waals surface area contributed by atoms with Gasteiger partial charge in [-0.25, -0.2) is 0 Å². The molecule has 0 atom stereocenters. The summed E-state index contributed by atoms with van der Waals surface area (Å²) in [4.78, 5) is 17.2. The molecular weight excluding hydrogens is 376 g/mol. The van der Waals surface area contributed by atoms with E-state index in [0.29, 0.717) is 30.2 Å². The first kappa shape index (κ1) is 20.5. The van der Waals surface area contributed by atoms with Gasteiger partial charge in [0.2, 0.25) is 0 Å². The Balaban J connectivity index is 1.59. The van der Waals surface area contributed by atoms with Crippen LogP contribution in [0.3, 0.4) is 0 Å². The van der Waals surface area contributed by atoms with Crippen molar-refractivity contribution in [2.45, 2.75) is 26.5 Å². The number of rotatable bonds is 6. The van der Waals surface area contributed by atoms with Crippen molar-refractivity contribution in [2.24, 2.45) is 0 Å². The van der Waals surface area contributed by atoms with Gasteiger partial charge in [-0.15, -0.1) is 0 Å². The fourth-order valence-electron chi connectivity index (χ4n) is 3.29. The highest BCUT2D eigenvalue weighted by Crippen LogP contribution is 2.29. The number of hydrogen-bond acceptors (Lipinski definition) is 4. The van der Waals surface area contributed by atoms with Crippen LogP contribution in [0.1, 0.15) is 29.8 Å². The third kappa shape index (κ3) is 5.18. The van der Waals surface area contributed by atoms with Crippen molar-refractivity contribution < 1.29 is 14.3 Å². The molecule has 0 aromatic heterocycles. The van der Waals surface area contributed by atoms with E-state index in [9.17, 15) is 4.79 Å². The molecule has 6 heteroatoms. The highest BCUT2D eigenvalue weighted by atomic mass is 35.5. The number of carbonyl (C=O) groups is 1. The van der Waals surface area contributed by atoms with Gasteiger partial charge in [0.05, 0.1) is 13.2 Å². The monoisotopic (exact) mass is 402 g/mol. The molecule has 1 heterocycles. The minimum absolute atomic E-state index is 0.0283. The molecule has 1 aliphatic rings. The minimum atomic E-state index is 0.0283. The zero-order valence-corrected chi connectivity index (χ0v) is 17.4. The minimum Gasteiger partial charge on any atom is -0.493 e. The van der Waals surface area contributed by atoms with Crippen molar-refractivity contribution in [1.82, 2.24) is 9.80 Å². The summed E-state index contributed by atoms with van der Waals surface area (Å²) in [7, 11) is 1.59. The van der Waals surface area contributed by atoms with Gasteiger partial charge in [0.25, 0.3) is 5.91 Å². The van der Waals surface area contributed by atoms with E-state index in [1.54, 1.807) is 13.2 Å². The van der Waals surface area contributed by atoms with Crippen molar-refractivity contribution in [1.29, 1.82) is 0 Å². The second-order valence-corrected chi connectivity index (χ2v) is 7.66. The molecule has 2 aromatic rings. The van der Waals surface area contributed by atoms with Crippen LogP contribution < -0.4 is 9.47 Å². The first-order valence-corrected chi connectivity index (χ1v) is 9.95. The Labute approximate surface area is 171 Å². The van der Waals surface area contributed by atoms with Gasteiger partial charge < -0.3 is 14.4 Å². The van der Waals surface area contributed by atoms with Gasteiger partial charge in [0.15, 0.2) is 11.5 Å². The number of ether oxygens (including phenoxy) is 2. The standard InChI is InChI=1S/C22H27ClN2O3/c1-16(2)28-20-9-6-18(14-21(20)27-3)22(26)25-12-10-24(11-13-25)15-17-4-7-19(23)8-5-17/h4-9,14,16H,10-13,15H2,1-3H3. The van der Waals surface area contributed by atoms with E-state index < -0.39 is 0 Å². The molecule has 0 N–H and O–H groups in total. The number of halogens is 1. The topological polar surface area (TPSA) is 42.0 Å². The summed E-state index contributed by atoms with van der Waals surface area (Å²) in [6, 6.07) is 13.3. The number of hydrogen-bond donors (Lipinski definition) is 0. The lowest BCUT2D eigenvalue weighted by atomic mass is 10.1. The lowest BCUT2D eigenvalue weighted by molar-refractivity contribution is 0.0628. The molecule has 0 aliphatic carbocycles. The highest BCUT2D eigenvalue weighted by Gasteiger charge is 2.23. The van der Waals surface area contributed by atoms with Gasteiger partial charge in [-0.2, -0.15) is 0 Å². The summed E-state index contributed by atoms with van der Waals surface area (Å²) in [5.74, 6) is 1.27. The number of methoxy groups -OCH3 is 1. The zero-order valence-electron chi connectivity index (χ0n) is 16.7. The van der Waals surface area contributed by atoms with Crippen LogP contribution in [0.2, 0.25) is 5.02 Å². The van der Waals surface area contributed by atoms with Crippen LogP contribution in [0.5, 0.6) is 11.5 Å². The third-order valence-corrected chi connectivity index (χ3v) is 5.00. The molecule has 1 fully saturated rings. The SMILES string of the molecule is COc1cc(C(=O)N2CCN(Cc3ccc(Cl)cc3)CC2)ccc1OC(C)C. The predicted octanol–water partition coefficient (Wildman–Crippen LogP) is 4.09. The van der Waals surface area contributed by atoms with Crippen LogP contribution in [0.15, 0.2) is 42.5 Å². The molecule has 1 saturated heterocycles. The van der Waals surface area contributed by atoms with E-state index in [4.69, 9.17) is 21.1 Å². The Morgan fingerprint density at radius 2 is 1.71 bits per heavy atom. The fourth-order valence-corrected chi connectivity index (χ4v) is 3.42. The van der Waals surface area contributed by atoms with Crippen molar-refractivity contribution in [2.75, 3.05) is 33.3 Å². The Kier molecular flexibility index (Phi) is 6.81. The van der Waals surface area contributed by atoms with Gasteiger partial charge in [0, 0.05) is 43.3 Å². The molecule has 0 radical (unpaired) electrons. The van der Waals surface area contributed by atoms with Crippen molar-refractivity contribution in [3.8, 4) is 11.5 Å². The average molecular weight is 403 g/mol. The van der Waals surface area contributed by atoms with Crippen LogP contribution in [0.25, 0.3) is 0 Å².